The van der Waals surface area contributed by atoms with Crippen LogP contribution in [0, 0.1) is 11.8 Å². The van der Waals surface area contributed by atoms with Crippen molar-refractivity contribution < 1.29 is 0 Å². The number of hydrogen-bond donors (Lipinski definition) is 1. The number of rotatable bonds is 4. The summed E-state index contributed by atoms with van der Waals surface area (Å²) in [6.07, 6.45) is 2.66. The lowest BCUT2D eigenvalue weighted by atomic mass is 9.55. The lowest BCUT2D eigenvalue weighted by Crippen LogP contribution is -2.53. The zero-order valence-corrected chi connectivity index (χ0v) is 13.2. The number of benzene rings is 1. The van der Waals surface area contributed by atoms with E-state index >= 15 is 0 Å². The molecule has 0 amide bonds. The fourth-order valence-electron chi connectivity index (χ4n) is 3.12. The van der Waals surface area contributed by atoms with Crippen LogP contribution in [-0.4, -0.2) is 12.1 Å². The van der Waals surface area contributed by atoms with E-state index < -0.39 is 0 Å². The molecule has 0 unspecified atom stereocenters. The molecule has 1 nitrogen and oxygen atoms in total. The Hall–Kier alpha value is -0.820. The van der Waals surface area contributed by atoms with Crippen molar-refractivity contribution in [2.24, 2.45) is 11.8 Å². The van der Waals surface area contributed by atoms with Crippen LogP contribution in [0.4, 0.5) is 0 Å². The molecule has 0 atom stereocenters. The first-order chi connectivity index (χ1) is 8.82. The summed E-state index contributed by atoms with van der Waals surface area (Å²) in [5.41, 5.74) is 2.08. The fraction of sp³-hybridized carbons (Fsp3) is 0.667. The van der Waals surface area contributed by atoms with Gasteiger partial charge in [0.1, 0.15) is 0 Å². The first kappa shape index (κ1) is 14.6. The first-order valence-electron chi connectivity index (χ1n) is 7.63. The normalized spacial score (nSPS) is 27.4. The van der Waals surface area contributed by atoms with Crippen LogP contribution in [0.5, 0.6) is 0 Å². The molecule has 1 heteroatoms. The minimum Gasteiger partial charge on any atom is -0.311 e. The van der Waals surface area contributed by atoms with Crippen LogP contribution >= 0.6 is 0 Å². The van der Waals surface area contributed by atoms with Crippen LogP contribution in [0.15, 0.2) is 30.3 Å². The molecule has 0 saturated heterocycles. The van der Waals surface area contributed by atoms with Gasteiger partial charge in [-0.05, 0) is 51.0 Å². The lowest BCUT2D eigenvalue weighted by Gasteiger charge is -2.51. The molecule has 1 saturated carbocycles. The predicted octanol–water partition coefficient (Wildman–Crippen LogP) is 4.38. The summed E-state index contributed by atoms with van der Waals surface area (Å²) in [7, 11) is 0. The second-order valence-electron chi connectivity index (χ2n) is 7.66. The Labute approximate surface area is 118 Å². The van der Waals surface area contributed by atoms with Gasteiger partial charge in [-0.15, -0.1) is 0 Å². The quantitative estimate of drug-likeness (QED) is 0.846. The van der Waals surface area contributed by atoms with Gasteiger partial charge in [0.2, 0.25) is 0 Å². The van der Waals surface area contributed by atoms with Gasteiger partial charge in [0, 0.05) is 17.5 Å². The van der Waals surface area contributed by atoms with Gasteiger partial charge in [-0.1, -0.05) is 44.2 Å². The molecule has 0 heterocycles. The van der Waals surface area contributed by atoms with Gasteiger partial charge in [0.05, 0.1) is 0 Å². The molecule has 106 valence electrons. The smallest absolute Gasteiger partial charge is 0.00968 e. The molecule has 0 aromatic heterocycles. The first-order valence-corrected chi connectivity index (χ1v) is 7.63. The average molecular weight is 259 g/mol. The fourth-order valence-corrected chi connectivity index (χ4v) is 3.12. The number of hydrogen-bond acceptors (Lipinski definition) is 1. The van der Waals surface area contributed by atoms with Crippen LogP contribution in [0.25, 0.3) is 0 Å². The van der Waals surface area contributed by atoms with Gasteiger partial charge < -0.3 is 5.32 Å². The molecule has 1 aliphatic rings. The summed E-state index contributed by atoms with van der Waals surface area (Å²) in [5.74, 6) is 1.70. The molecule has 1 N–H and O–H groups in total. The monoisotopic (exact) mass is 259 g/mol. The van der Waals surface area contributed by atoms with Crippen molar-refractivity contribution in [1.82, 2.24) is 5.32 Å². The summed E-state index contributed by atoms with van der Waals surface area (Å²) in [4.78, 5) is 0. The Morgan fingerprint density at radius 1 is 1.16 bits per heavy atom. The van der Waals surface area contributed by atoms with Crippen LogP contribution in [0.3, 0.4) is 0 Å². The van der Waals surface area contributed by atoms with Gasteiger partial charge in [0.15, 0.2) is 0 Å². The Bertz CT molecular complexity index is 393. The predicted molar refractivity (Wildman–Crippen MR) is 83.4 cm³/mol. The molecular formula is C18H29N. The van der Waals surface area contributed by atoms with Crippen molar-refractivity contribution in [3.63, 3.8) is 0 Å². The molecule has 0 spiro atoms. The summed E-state index contributed by atoms with van der Waals surface area (Å²) in [6.45, 7) is 12.6. The Morgan fingerprint density at radius 2 is 1.74 bits per heavy atom. The molecule has 19 heavy (non-hydrogen) atoms. The van der Waals surface area contributed by atoms with E-state index in [0.29, 0.717) is 5.41 Å². The van der Waals surface area contributed by atoms with E-state index in [1.165, 1.54) is 18.4 Å². The van der Waals surface area contributed by atoms with Gasteiger partial charge in [0.25, 0.3) is 0 Å². The third-order valence-corrected chi connectivity index (χ3v) is 4.59. The molecule has 0 aliphatic heterocycles. The van der Waals surface area contributed by atoms with Crippen LogP contribution in [-0.2, 0) is 5.41 Å². The maximum Gasteiger partial charge on any atom is 0.00968 e. The minimum atomic E-state index is 0.199. The van der Waals surface area contributed by atoms with Crippen molar-refractivity contribution in [2.45, 2.75) is 58.4 Å². The Morgan fingerprint density at radius 3 is 2.21 bits per heavy atom. The van der Waals surface area contributed by atoms with Crippen molar-refractivity contribution in [3.8, 4) is 0 Å². The standard InChI is InChI=1S/C18H29N/c1-14(2)15-11-18(12-15,13-19-17(3,4)5)16-9-7-6-8-10-16/h6-10,14-15,19H,11-13H2,1-5H3. The highest BCUT2D eigenvalue weighted by Gasteiger charge is 2.46. The SMILES string of the molecule is CC(C)C1CC(CNC(C)(C)C)(c2ccccc2)C1. The van der Waals surface area contributed by atoms with E-state index in [0.717, 1.165) is 18.4 Å². The summed E-state index contributed by atoms with van der Waals surface area (Å²) >= 11 is 0. The highest BCUT2D eigenvalue weighted by Crippen LogP contribution is 2.50. The summed E-state index contributed by atoms with van der Waals surface area (Å²) in [5, 5.41) is 3.72. The maximum atomic E-state index is 3.72. The summed E-state index contributed by atoms with van der Waals surface area (Å²) < 4.78 is 0. The maximum absolute atomic E-state index is 3.72. The zero-order valence-electron chi connectivity index (χ0n) is 13.2. The van der Waals surface area contributed by atoms with Gasteiger partial charge in [-0.2, -0.15) is 0 Å². The highest BCUT2D eigenvalue weighted by atomic mass is 15.0. The van der Waals surface area contributed by atoms with Crippen LogP contribution < -0.4 is 5.32 Å². The highest BCUT2D eigenvalue weighted by molar-refractivity contribution is 5.29. The summed E-state index contributed by atoms with van der Waals surface area (Å²) in [6, 6.07) is 11.1. The van der Waals surface area contributed by atoms with Crippen molar-refractivity contribution in [1.29, 1.82) is 0 Å². The largest absolute Gasteiger partial charge is 0.311 e. The Balaban J connectivity index is 2.12. The van der Waals surface area contributed by atoms with E-state index in [-0.39, 0.29) is 5.54 Å². The van der Waals surface area contributed by atoms with Crippen molar-refractivity contribution in [2.75, 3.05) is 6.54 Å². The van der Waals surface area contributed by atoms with Gasteiger partial charge in [-0.3, -0.25) is 0 Å². The molecule has 1 aromatic carbocycles. The van der Waals surface area contributed by atoms with Crippen molar-refractivity contribution >= 4 is 0 Å². The van der Waals surface area contributed by atoms with E-state index in [1.54, 1.807) is 0 Å². The zero-order chi connectivity index (χ0) is 14.1. The van der Waals surface area contributed by atoms with Crippen LogP contribution in [0.1, 0.15) is 53.0 Å². The molecule has 1 aliphatic carbocycles. The topological polar surface area (TPSA) is 12.0 Å². The lowest BCUT2D eigenvalue weighted by molar-refractivity contribution is 0.0912. The van der Waals surface area contributed by atoms with Crippen LogP contribution in [0.2, 0.25) is 0 Å². The third-order valence-electron chi connectivity index (χ3n) is 4.59. The molecule has 0 radical (unpaired) electrons. The molecule has 2 rings (SSSR count). The second kappa shape index (κ2) is 5.28. The van der Waals surface area contributed by atoms with E-state index in [4.69, 9.17) is 0 Å². The molecular weight excluding hydrogens is 230 g/mol. The van der Waals surface area contributed by atoms with Gasteiger partial charge in [-0.25, -0.2) is 0 Å². The molecule has 1 aromatic rings. The molecule has 0 bridgehead atoms. The van der Waals surface area contributed by atoms with Crippen molar-refractivity contribution in [3.05, 3.63) is 35.9 Å². The van der Waals surface area contributed by atoms with Gasteiger partial charge >= 0.3 is 0 Å². The van der Waals surface area contributed by atoms with E-state index in [1.807, 2.05) is 0 Å². The second-order valence-corrected chi connectivity index (χ2v) is 7.66. The van der Waals surface area contributed by atoms with E-state index in [2.05, 4.69) is 70.3 Å². The number of nitrogens with one attached hydrogen (secondary N) is 1. The molecule has 1 fully saturated rings. The minimum absolute atomic E-state index is 0.199. The van der Waals surface area contributed by atoms with E-state index in [9.17, 15) is 0 Å². The Kier molecular flexibility index (Phi) is 4.06. The average Bonchev–Trinajstić information content (AvgIpc) is 2.27. The third kappa shape index (κ3) is 3.39.